The SMILES string of the molecule is F[B-](F)(F)F.N#[N+]c1ccc(O)c([N+](=O)[O-])c1. The Hall–Kier alpha value is -2.38. The lowest BCUT2D eigenvalue weighted by Crippen LogP contribution is -2.02. The number of hydrogen-bond acceptors (Lipinski definition) is 4. The number of halogens is 4. The smallest absolute Gasteiger partial charge is 0.502 e. The van der Waals surface area contributed by atoms with Gasteiger partial charge < -0.3 is 22.4 Å². The molecule has 92 valence electrons. The number of aromatic hydroxyl groups is 1. The van der Waals surface area contributed by atoms with Gasteiger partial charge in [0.2, 0.25) is 5.39 Å². The Kier molecular flexibility index (Phi) is 4.85. The van der Waals surface area contributed by atoms with Crippen LogP contribution in [0, 0.1) is 15.5 Å². The molecule has 0 amide bonds. The third kappa shape index (κ3) is 6.66. The molecule has 0 saturated carbocycles. The highest BCUT2D eigenvalue weighted by Gasteiger charge is 2.20. The maximum atomic E-state index is 10.2. The molecule has 11 heteroatoms. The predicted octanol–water partition coefficient (Wildman–Crippen LogP) is 3.08. The van der Waals surface area contributed by atoms with Crippen molar-refractivity contribution in [2.75, 3.05) is 0 Å². The Labute approximate surface area is 91.4 Å². The third-order valence-corrected chi connectivity index (χ3v) is 1.27. The average molecular weight is 253 g/mol. The van der Waals surface area contributed by atoms with E-state index in [1.54, 1.807) is 0 Å². The number of nitro groups is 1. The lowest BCUT2D eigenvalue weighted by atomic mass is 10.2. The minimum Gasteiger partial charge on any atom is -0.502 e. The molecule has 0 aromatic heterocycles. The summed E-state index contributed by atoms with van der Waals surface area (Å²) in [5, 5.41) is 27.4. The average Bonchev–Trinajstić information content (AvgIpc) is 2.15. The normalized spacial score (nSPS) is 9.82. The molecule has 0 radical (unpaired) electrons. The first-order valence-electron chi connectivity index (χ1n) is 3.85. The highest BCUT2D eigenvalue weighted by molar-refractivity contribution is 6.50. The molecule has 6 nitrogen and oxygen atoms in total. The summed E-state index contributed by atoms with van der Waals surface area (Å²) in [7, 11) is -6.00. The minimum atomic E-state index is -6.00. The zero-order valence-electron chi connectivity index (χ0n) is 7.93. The molecule has 0 unspecified atom stereocenters. The fourth-order valence-corrected chi connectivity index (χ4v) is 0.720. The maximum Gasteiger partial charge on any atom is 0.673 e. The monoisotopic (exact) mass is 253 g/mol. The van der Waals surface area contributed by atoms with Gasteiger partial charge in [-0.3, -0.25) is 10.1 Å². The summed E-state index contributed by atoms with van der Waals surface area (Å²) in [6.45, 7) is 0. The highest BCUT2D eigenvalue weighted by Crippen LogP contribution is 2.29. The van der Waals surface area contributed by atoms with E-state index in [9.17, 15) is 27.4 Å². The summed E-state index contributed by atoms with van der Waals surface area (Å²) in [6, 6.07) is 3.31. The number of diazo groups is 1. The van der Waals surface area contributed by atoms with Gasteiger partial charge in [0.05, 0.1) is 4.92 Å². The molecule has 0 fully saturated rings. The number of phenolic OH excluding ortho intramolecular Hbond substituents is 1. The van der Waals surface area contributed by atoms with E-state index in [2.05, 4.69) is 4.98 Å². The van der Waals surface area contributed by atoms with Crippen molar-refractivity contribution in [3.05, 3.63) is 33.3 Å². The number of nitrogens with zero attached hydrogens (tertiary/aromatic N) is 3. The molecule has 1 aromatic carbocycles. The van der Waals surface area contributed by atoms with E-state index in [1.165, 1.54) is 6.07 Å². The lowest BCUT2D eigenvalue weighted by Gasteiger charge is -1.94. The fraction of sp³-hybridized carbons (Fsp3) is 0. The van der Waals surface area contributed by atoms with Crippen molar-refractivity contribution in [1.82, 2.24) is 0 Å². The van der Waals surface area contributed by atoms with Gasteiger partial charge in [0.25, 0.3) is 0 Å². The zero-order chi connectivity index (χ0) is 13.6. The van der Waals surface area contributed by atoms with Crippen molar-refractivity contribution in [3.8, 4) is 5.75 Å². The van der Waals surface area contributed by atoms with Crippen LogP contribution in [-0.2, 0) is 0 Å². The Morgan fingerprint density at radius 2 is 1.82 bits per heavy atom. The fourth-order valence-electron chi connectivity index (χ4n) is 0.720. The van der Waals surface area contributed by atoms with E-state index < -0.39 is 23.6 Å². The first kappa shape index (κ1) is 14.6. The second kappa shape index (κ2) is 5.64. The van der Waals surface area contributed by atoms with Crippen molar-refractivity contribution in [1.29, 1.82) is 5.39 Å². The van der Waals surface area contributed by atoms with Crippen molar-refractivity contribution < 1.29 is 27.3 Å². The highest BCUT2D eigenvalue weighted by atomic mass is 19.5. The molecule has 0 aliphatic rings. The Balaban J connectivity index is 0.000000437. The van der Waals surface area contributed by atoms with Crippen LogP contribution in [0.2, 0.25) is 0 Å². The second-order valence-electron chi connectivity index (χ2n) is 2.52. The van der Waals surface area contributed by atoms with Gasteiger partial charge in [-0.2, -0.15) is 0 Å². The molecule has 1 N–H and O–H groups in total. The maximum absolute atomic E-state index is 10.2. The summed E-state index contributed by atoms with van der Waals surface area (Å²) < 4.78 is 39.0. The van der Waals surface area contributed by atoms with Crippen molar-refractivity contribution in [2.45, 2.75) is 0 Å². The molecule has 0 heterocycles. The van der Waals surface area contributed by atoms with Crippen LogP contribution in [0.3, 0.4) is 0 Å². The van der Waals surface area contributed by atoms with E-state index in [1.807, 2.05) is 0 Å². The van der Waals surface area contributed by atoms with Crippen LogP contribution in [0.4, 0.5) is 28.6 Å². The van der Waals surface area contributed by atoms with Crippen LogP contribution in [0.5, 0.6) is 5.75 Å². The largest absolute Gasteiger partial charge is 0.673 e. The first-order valence-corrected chi connectivity index (χ1v) is 3.85. The van der Waals surface area contributed by atoms with Gasteiger partial charge in [0, 0.05) is 6.07 Å². The van der Waals surface area contributed by atoms with Crippen LogP contribution in [0.15, 0.2) is 18.2 Å². The Bertz CT molecular complexity index is 453. The molecule has 0 bridgehead atoms. The molecule has 0 spiro atoms. The van der Waals surface area contributed by atoms with Crippen LogP contribution in [0.1, 0.15) is 0 Å². The van der Waals surface area contributed by atoms with E-state index >= 15 is 0 Å². The first-order chi connectivity index (χ1) is 7.65. The molecule has 0 aliphatic heterocycles. The second-order valence-corrected chi connectivity index (χ2v) is 2.52. The minimum absolute atomic E-state index is 0.0273. The molecule has 17 heavy (non-hydrogen) atoms. The van der Waals surface area contributed by atoms with Gasteiger partial charge >= 0.3 is 18.6 Å². The van der Waals surface area contributed by atoms with Crippen LogP contribution in [-0.4, -0.2) is 17.3 Å². The summed E-state index contributed by atoms with van der Waals surface area (Å²) in [5.74, 6) is -0.451. The predicted molar refractivity (Wildman–Crippen MR) is 49.7 cm³/mol. The molecule has 1 rings (SSSR count). The molecule has 1 aromatic rings. The molecule has 0 saturated heterocycles. The zero-order valence-corrected chi connectivity index (χ0v) is 7.93. The van der Waals surface area contributed by atoms with Crippen molar-refractivity contribution >= 4 is 18.6 Å². The van der Waals surface area contributed by atoms with Crippen molar-refractivity contribution in [2.24, 2.45) is 0 Å². The quantitative estimate of drug-likeness (QED) is 0.273. The van der Waals surface area contributed by atoms with E-state index in [4.69, 9.17) is 10.5 Å². The van der Waals surface area contributed by atoms with E-state index in [0.717, 1.165) is 12.1 Å². The van der Waals surface area contributed by atoms with Crippen LogP contribution in [0.25, 0.3) is 4.98 Å². The summed E-state index contributed by atoms with van der Waals surface area (Å²) >= 11 is 0. The molecule has 0 atom stereocenters. The molecular weight excluding hydrogens is 249 g/mol. The number of nitro benzene ring substituents is 1. The van der Waals surface area contributed by atoms with Crippen molar-refractivity contribution in [3.63, 3.8) is 0 Å². The van der Waals surface area contributed by atoms with Gasteiger partial charge in [0.1, 0.15) is 6.07 Å². The lowest BCUT2D eigenvalue weighted by molar-refractivity contribution is -0.385. The number of phenols is 1. The number of rotatable bonds is 1. The number of hydrogen-bond donors (Lipinski definition) is 1. The third-order valence-electron chi connectivity index (χ3n) is 1.27. The molecular formula is C6H4BF4N3O3. The van der Waals surface area contributed by atoms with Crippen LogP contribution >= 0.6 is 0 Å². The van der Waals surface area contributed by atoms with Gasteiger partial charge in [-0.25, -0.2) is 0 Å². The summed E-state index contributed by atoms with van der Waals surface area (Å²) in [6.07, 6.45) is 0. The van der Waals surface area contributed by atoms with Gasteiger partial charge in [-0.15, -0.1) is 0 Å². The van der Waals surface area contributed by atoms with E-state index in [-0.39, 0.29) is 5.69 Å². The topological polar surface area (TPSA) is 91.5 Å². The van der Waals surface area contributed by atoms with Crippen LogP contribution < -0.4 is 0 Å². The summed E-state index contributed by atoms with van der Waals surface area (Å²) in [4.78, 5) is 12.2. The summed E-state index contributed by atoms with van der Waals surface area (Å²) in [5.41, 5.74) is -0.454. The van der Waals surface area contributed by atoms with E-state index in [0.29, 0.717) is 0 Å². The van der Waals surface area contributed by atoms with Gasteiger partial charge in [0.15, 0.2) is 10.7 Å². The number of benzene rings is 1. The molecule has 0 aliphatic carbocycles. The standard InChI is InChI=1S/C6H3N3O3.BF4/c7-8-4-1-2-6(10)5(3-4)9(11)12;2-1(3,4)5/h1-3H;/q;-1/p+1. The Morgan fingerprint density at radius 3 is 2.18 bits per heavy atom. The Morgan fingerprint density at radius 1 is 1.35 bits per heavy atom. The van der Waals surface area contributed by atoms with Gasteiger partial charge in [-0.1, -0.05) is 0 Å². The van der Waals surface area contributed by atoms with Gasteiger partial charge in [-0.05, 0) is 6.07 Å².